The number of carbonyl (C=O) groups is 2. The van der Waals surface area contributed by atoms with Gasteiger partial charge in [0.2, 0.25) is 15.9 Å². The zero-order valence-corrected chi connectivity index (χ0v) is 29.8. The van der Waals surface area contributed by atoms with E-state index in [0.29, 0.717) is 18.3 Å². The first-order valence-corrected chi connectivity index (χ1v) is 18.9. The molecule has 1 saturated heterocycles. The van der Waals surface area contributed by atoms with Gasteiger partial charge in [0.05, 0.1) is 16.9 Å². The first kappa shape index (κ1) is 38.8. The van der Waals surface area contributed by atoms with Gasteiger partial charge in [-0.2, -0.15) is 26.7 Å². The molecule has 3 aliphatic rings. The van der Waals surface area contributed by atoms with Crippen LogP contribution in [0.1, 0.15) is 89.7 Å². The maximum Gasteiger partial charge on any atom is 0.407 e. The summed E-state index contributed by atoms with van der Waals surface area (Å²) in [5.41, 5.74) is -3.85. The summed E-state index contributed by atoms with van der Waals surface area (Å²) in [6.07, 6.45) is 0.330. The van der Waals surface area contributed by atoms with Crippen LogP contribution in [0.2, 0.25) is 0 Å². The lowest BCUT2D eigenvalue weighted by Gasteiger charge is -2.36. The zero-order valence-electron chi connectivity index (χ0n) is 29.0. The predicted octanol–water partition coefficient (Wildman–Crippen LogP) is 7.19. The number of amides is 2. The highest BCUT2D eigenvalue weighted by molar-refractivity contribution is 7.89. The minimum Gasteiger partial charge on any atom is -0.493 e. The molecule has 0 spiro atoms. The molecule has 1 atom stereocenters. The number of alkyl halides is 5. The average molecular weight is 744 g/mol. The summed E-state index contributed by atoms with van der Waals surface area (Å²) in [5, 5.41) is 2.70. The first-order valence-electron chi connectivity index (χ1n) is 17.4. The van der Waals surface area contributed by atoms with Crippen LogP contribution in [-0.2, 0) is 30.9 Å². The van der Waals surface area contributed by atoms with E-state index in [9.17, 15) is 31.2 Å². The Morgan fingerprint density at radius 3 is 2.00 bits per heavy atom. The Morgan fingerprint density at radius 1 is 0.882 bits per heavy atom. The molecular formula is C36H46F5N3O6S. The van der Waals surface area contributed by atoms with Gasteiger partial charge in [-0.15, -0.1) is 0 Å². The third-order valence-electron chi connectivity index (χ3n) is 9.87. The average Bonchev–Trinajstić information content (AvgIpc) is 3.89. The van der Waals surface area contributed by atoms with E-state index >= 15 is 8.78 Å². The normalized spacial score (nSPS) is 19.6. The van der Waals surface area contributed by atoms with E-state index in [4.69, 9.17) is 9.47 Å². The van der Waals surface area contributed by atoms with Gasteiger partial charge >= 0.3 is 12.3 Å². The number of hydrogen-bond donors (Lipinski definition) is 2. The Morgan fingerprint density at radius 2 is 1.47 bits per heavy atom. The van der Waals surface area contributed by atoms with Gasteiger partial charge in [0.15, 0.2) is 6.04 Å². The molecule has 51 heavy (non-hydrogen) atoms. The summed E-state index contributed by atoms with van der Waals surface area (Å²) in [4.78, 5) is 26.8. The Balaban J connectivity index is 1.35. The van der Waals surface area contributed by atoms with E-state index in [-0.39, 0.29) is 49.2 Å². The van der Waals surface area contributed by atoms with Gasteiger partial charge in [0.1, 0.15) is 11.4 Å². The van der Waals surface area contributed by atoms with Crippen LogP contribution >= 0.6 is 0 Å². The molecular weight excluding hydrogens is 697 g/mol. The molecule has 1 heterocycles. The van der Waals surface area contributed by atoms with E-state index in [1.165, 1.54) is 30.7 Å². The number of likely N-dealkylation sites (tertiary alicyclic amines) is 1. The molecule has 1 aliphatic heterocycles. The molecule has 282 valence electrons. The second kappa shape index (κ2) is 14.9. The number of ether oxygens (including phenoxy) is 2. The number of piperidine rings is 1. The fourth-order valence-electron chi connectivity index (χ4n) is 6.73. The Hall–Kier alpha value is -3.46. The van der Waals surface area contributed by atoms with Crippen molar-refractivity contribution in [2.24, 2.45) is 5.92 Å². The lowest BCUT2D eigenvalue weighted by Crippen LogP contribution is -2.58. The Labute approximate surface area is 295 Å². The van der Waals surface area contributed by atoms with Crippen molar-refractivity contribution in [3.05, 3.63) is 59.7 Å². The highest BCUT2D eigenvalue weighted by atomic mass is 32.2. The van der Waals surface area contributed by atoms with Crippen LogP contribution in [-0.4, -0.2) is 68.9 Å². The topological polar surface area (TPSA) is 114 Å². The van der Waals surface area contributed by atoms with Crippen LogP contribution in [0.15, 0.2) is 53.4 Å². The molecule has 2 aromatic carbocycles. The van der Waals surface area contributed by atoms with Gasteiger partial charge in [-0.3, -0.25) is 4.79 Å². The van der Waals surface area contributed by atoms with Gasteiger partial charge in [-0.1, -0.05) is 43.5 Å². The van der Waals surface area contributed by atoms with Crippen LogP contribution in [0, 0.1) is 5.92 Å². The number of hydrogen-bond acceptors (Lipinski definition) is 6. The molecule has 0 radical (unpaired) electrons. The van der Waals surface area contributed by atoms with E-state index in [1.54, 1.807) is 20.8 Å². The van der Waals surface area contributed by atoms with Gasteiger partial charge in [0, 0.05) is 24.7 Å². The van der Waals surface area contributed by atoms with Crippen LogP contribution < -0.4 is 14.8 Å². The third kappa shape index (κ3) is 9.32. The summed E-state index contributed by atoms with van der Waals surface area (Å²) >= 11 is 0. The smallest absolute Gasteiger partial charge is 0.407 e. The largest absolute Gasteiger partial charge is 0.493 e. The van der Waals surface area contributed by atoms with E-state index in [2.05, 4.69) is 5.32 Å². The molecule has 2 N–H and O–H groups in total. The lowest BCUT2D eigenvalue weighted by molar-refractivity contribution is -0.160. The Bertz CT molecular complexity index is 1630. The number of benzene rings is 2. The summed E-state index contributed by atoms with van der Waals surface area (Å²) in [6, 6.07) is 5.72. The summed E-state index contributed by atoms with van der Waals surface area (Å²) in [5.74, 6) is -4.59. The Kier molecular flexibility index (Phi) is 11.3. The van der Waals surface area contributed by atoms with Crippen molar-refractivity contribution in [3.8, 4) is 5.75 Å². The number of nitrogens with zero attached hydrogens (tertiary/aromatic N) is 1. The van der Waals surface area contributed by atoms with Crippen molar-refractivity contribution in [2.75, 3.05) is 19.7 Å². The van der Waals surface area contributed by atoms with Crippen molar-refractivity contribution in [3.63, 3.8) is 0 Å². The molecule has 2 aliphatic carbocycles. The molecule has 3 fully saturated rings. The number of carbonyl (C=O) groups excluding carboxylic acids is 2. The highest BCUT2D eigenvalue weighted by Crippen LogP contribution is 2.59. The zero-order chi connectivity index (χ0) is 37.2. The highest BCUT2D eigenvalue weighted by Gasteiger charge is 2.64. The van der Waals surface area contributed by atoms with Gasteiger partial charge in [-0.25, -0.2) is 13.2 Å². The maximum atomic E-state index is 16.4. The fourth-order valence-corrected chi connectivity index (χ4v) is 7.92. The predicted molar refractivity (Wildman–Crippen MR) is 179 cm³/mol. The van der Waals surface area contributed by atoms with Crippen molar-refractivity contribution >= 4 is 22.0 Å². The lowest BCUT2D eigenvalue weighted by atomic mass is 9.90. The molecule has 1 unspecified atom stereocenters. The molecule has 2 saturated carbocycles. The molecule has 2 amide bonds. The van der Waals surface area contributed by atoms with E-state index < -0.39 is 62.8 Å². The summed E-state index contributed by atoms with van der Waals surface area (Å²) in [6.45, 7) is 5.41. The molecule has 15 heteroatoms. The van der Waals surface area contributed by atoms with Crippen LogP contribution in [0.25, 0.3) is 0 Å². The van der Waals surface area contributed by atoms with Crippen molar-refractivity contribution in [2.45, 2.75) is 119 Å². The summed E-state index contributed by atoms with van der Waals surface area (Å²) in [7, 11) is -4.73. The van der Waals surface area contributed by atoms with Crippen molar-refractivity contribution in [1.29, 1.82) is 0 Å². The molecule has 5 rings (SSSR count). The quantitative estimate of drug-likeness (QED) is 0.236. The molecule has 2 aromatic rings. The standard InChI is InChI=1S/C36H46F5N3O6S/c1-33(2,3)50-32(46)42-27-17-21-44(22-18-27)31(45)30(35(37,38)26-11-9-25(10-12-26)34(19-20-34)36(39,40)41)43-51(47,48)29-15-13-28(14-16-29)49-23-24-7-5-4-6-8-24/h9-16,24,27,30,43H,4-8,17-23H2,1-3H3,(H,42,46). The van der Waals surface area contributed by atoms with Crippen LogP contribution in [0.5, 0.6) is 5.75 Å². The second-order valence-electron chi connectivity index (χ2n) is 14.9. The number of halogens is 5. The van der Waals surface area contributed by atoms with Gasteiger partial charge in [-0.05, 0) is 95.0 Å². The van der Waals surface area contributed by atoms with Gasteiger partial charge < -0.3 is 19.7 Å². The van der Waals surface area contributed by atoms with Crippen LogP contribution in [0.4, 0.5) is 26.7 Å². The monoisotopic (exact) mass is 743 g/mol. The van der Waals surface area contributed by atoms with E-state index in [1.807, 2.05) is 4.72 Å². The molecule has 0 aromatic heterocycles. The minimum atomic E-state index is -4.73. The number of nitrogens with one attached hydrogen (secondary N) is 2. The number of rotatable bonds is 11. The molecule has 0 bridgehead atoms. The van der Waals surface area contributed by atoms with Crippen LogP contribution in [0.3, 0.4) is 0 Å². The molecule has 9 nitrogen and oxygen atoms in total. The second-order valence-corrected chi connectivity index (χ2v) is 16.6. The maximum absolute atomic E-state index is 16.4. The number of alkyl carbamates (subject to hydrolysis) is 1. The van der Waals surface area contributed by atoms with E-state index in [0.717, 1.165) is 54.8 Å². The first-order chi connectivity index (χ1) is 23.8. The number of sulfonamides is 1. The minimum absolute atomic E-state index is 0.0757. The third-order valence-corrected chi connectivity index (χ3v) is 11.3. The fraction of sp³-hybridized carbons (Fsp3) is 0.611. The van der Waals surface area contributed by atoms with Gasteiger partial charge in [0.25, 0.3) is 5.92 Å². The van der Waals surface area contributed by atoms with Crippen molar-refractivity contribution in [1.82, 2.24) is 14.9 Å². The SMILES string of the molecule is CC(C)(C)OC(=O)NC1CCN(C(=O)C(NS(=O)(=O)c2ccc(OCC3CCCCC3)cc2)C(F)(F)c2ccc(C3(C(F)(F)F)CC3)cc2)CC1. The van der Waals surface area contributed by atoms with Crippen molar-refractivity contribution < 1.29 is 49.4 Å². The summed E-state index contributed by atoms with van der Waals surface area (Å²) < 4.78 is 114.